The third kappa shape index (κ3) is 1.91. The molecule has 2 rings (SSSR count). The van der Waals surface area contributed by atoms with Gasteiger partial charge in [0.1, 0.15) is 0 Å². The van der Waals surface area contributed by atoms with Gasteiger partial charge in [0.25, 0.3) is 0 Å². The Kier molecular flexibility index (Phi) is 3.03. The summed E-state index contributed by atoms with van der Waals surface area (Å²) in [5.74, 6) is -5.03. The molecule has 7 nitrogen and oxygen atoms in total. The van der Waals surface area contributed by atoms with Crippen LogP contribution in [0.4, 0.5) is 0 Å². The predicted molar refractivity (Wildman–Crippen MR) is 67.2 cm³/mol. The highest BCUT2D eigenvalue weighted by Crippen LogP contribution is 2.47. The Morgan fingerprint density at radius 1 is 0.750 bits per heavy atom. The molecule has 0 radical (unpaired) electrons. The zero-order valence-corrected chi connectivity index (χ0v) is 9.90. The van der Waals surface area contributed by atoms with E-state index >= 15 is 0 Å². The van der Waals surface area contributed by atoms with Crippen LogP contribution in [0.5, 0.6) is 28.7 Å². The molecule has 0 unspecified atom stereocenters. The maximum absolute atomic E-state index is 11.1. The van der Waals surface area contributed by atoms with Crippen molar-refractivity contribution >= 4 is 5.97 Å². The number of hydrogen-bond acceptors (Lipinski definition) is 6. The molecular formula is C13H10O7. The van der Waals surface area contributed by atoms with Crippen molar-refractivity contribution < 1.29 is 35.4 Å². The fraction of sp³-hybridized carbons (Fsp3) is 0. The van der Waals surface area contributed by atoms with Crippen molar-refractivity contribution in [1.29, 1.82) is 0 Å². The Morgan fingerprint density at radius 2 is 1.30 bits per heavy atom. The zero-order chi connectivity index (χ0) is 15.0. The van der Waals surface area contributed by atoms with E-state index < -0.39 is 34.7 Å². The lowest BCUT2D eigenvalue weighted by Gasteiger charge is -2.13. The van der Waals surface area contributed by atoms with Gasteiger partial charge >= 0.3 is 5.97 Å². The van der Waals surface area contributed by atoms with E-state index in [1.807, 2.05) is 0 Å². The largest absolute Gasteiger partial charge is 0.504 e. The van der Waals surface area contributed by atoms with Gasteiger partial charge in [-0.3, -0.25) is 0 Å². The molecule has 0 heterocycles. The summed E-state index contributed by atoms with van der Waals surface area (Å²) >= 11 is 0. The zero-order valence-electron chi connectivity index (χ0n) is 9.90. The first kappa shape index (κ1) is 13.3. The van der Waals surface area contributed by atoms with Crippen LogP contribution in [0.15, 0.2) is 24.3 Å². The minimum absolute atomic E-state index is 0.244. The van der Waals surface area contributed by atoms with E-state index in [4.69, 9.17) is 5.11 Å². The highest BCUT2D eigenvalue weighted by atomic mass is 16.4. The van der Waals surface area contributed by atoms with Crippen LogP contribution in [0.3, 0.4) is 0 Å². The molecule has 7 heteroatoms. The highest BCUT2D eigenvalue weighted by molar-refractivity contribution is 6.00. The molecule has 2 aromatic carbocycles. The van der Waals surface area contributed by atoms with Crippen molar-refractivity contribution in [3.63, 3.8) is 0 Å². The Hall–Kier alpha value is -3.09. The Labute approximate surface area is 112 Å². The van der Waals surface area contributed by atoms with Crippen LogP contribution in [-0.2, 0) is 0 Å². The lowest BCUT2D eigenvalue weighted by Crippen LogP contribution is -2.00. The molecule has 0 aliphatic carbocycles. The average Bonchev–Trinajstić information content (AvgIpc) is 2.40. The number of aromatic carboxylic acids is 1. The third-order valence-corrected chi connectivity index (χ3v) is 2.79. The number of aromatic hydroxyl groups is 5. The summed E-state index contributed by atoms with van der Waals surface area (Å²) in [7, 11) is 0. The number of rotatable bonds is 2. The highest BCUT2D eigenvalue weighted by Gasteiger charge is 2.23. The molecule has 0 saturated heterocycles. The Morgan fingerprint density at radius 3 is 1.90 bits per heavy atom. The predicted octanol–water partition coefficient (Wildman–Crippen LogP) is 1.58. The van der Waals surface area contributed by atoms with E-state index in [1.54, 1.807) is 0 Å². The van der Waals surface area contributed by atoms with Gasteiger partial charge in [-0.25, -0.2) is 4.79 Å². The van der Waals surface area contributed by atoms with E-state index in [1.165, 1.54) is 0 Å². The fourth-order valence-electron chi connectivity index (χ4n) is 1.80. The number of carboxylic acids is 1. The normalized spacial score (nSPS) is 10.4. The van der Waals surface area contributed by atoms with Crippen molar-refractivity contribution in [2.45, 2.75) is 0 Å². The van der Waals surface area contributed by atoms with Crippen molar-refractivity contribution in [3.05, 3.63) is 29.8 Å². The minimum atomic E-state index is -1.40. The molecule has 0 bridgehead atoms. The number of phenolic OH excluding ortho intramolecular Hbond substituents is 5. The summed E-state index contributed by atoms with van der Waals surface area (Å²) in [5, 5.41) is 56.8. The SMILES string of the molecule is O=C(O)c1ccc(O)c(O)c1-c1ccc(O)c(O)c1O. The smallest absolute Gasteiger partial charge is 0.336 e. The van der Waals surface area contributed by atoms with Crippen LogP contribution < -0.4 is 0 Å². The molecule has 0 saturated carbocycles. The number of phenols is 5. The van der Waals surface area contributed by atoms with Crippen molar-refractivity contribution in [2.24, 2.45) is 0 Å². The van der Waals surface area contributed by atoms with Gasteiger partial charge in [0.15, 0.2) is 23.0 Å². The second kappa shape index (κ2) is 4.54. The molecule has 0 aliphatic rings. The third-order valence-electron chi connectivity index (χ3n) is 2.79. The number of hydrogen-bond donors (Lipinski definition) is 6. The first-order valence-electron chi connectivity index (χ1n) is 5.37. The van der Waals surface area contributed by atoms with Crippen molar-refractivity contribution in [2.75, 3.05) is 0 Å². The van der Waals surface area contributed by atoms with E-state index in [0.717, 1.165) is 24.3 Å². The second-order valence-corrected chi connectivity index (χ2v) is 3.99. The van der Waals surface area contributed by atoms with E-state index in [-0.39, 0.29) is 16.7 Å². The average molecular weight is 278 g/mol. The standard InChI is InChI=1S/C13H10O7/c14-7-4-2-6(13(19)20)9(11(7)17)5-1-3-8(15)12(18)10(5)16/h1-4,14-18H,(H,19,20). The van der Waals surface area contributed by atoms with Crippen LogP contribution in [0.1, 0.15) is 10.4 Å². The molecule has 104 valence electrons. The van der Waals surface area contributed by atoms with Gasteiger partial charge < -0.3 is 30.6 Å². The van der Waals surface area contributed by atoms with E-state index in [2.05, 4.69) is 0 Å². The topological polar surface area (TPSA) is 138 Å². The van der Waals surface area contributed by atoms with Crippen LogP contribution in [-0.4, -0.2) is 36.6 Å². The van der Waals surface area contributed by atoms with Crippen LogP contribution in [0.2, 0.25) is 0 Å². The maximum Gasteiger partial charge on any atom is 0.336 e. The molecule has 0 aromatic heterocycles. The van der Waals surface area contributed by atoms with Gasteiger partial charge in [-0.2, -0.15) is 0 Å². The van der Waals surface area contributed by atoms with Gasteiger partial charge in [0.2, 0.25) is 5.75 Å². The summed E-state index contributed by atoms with van der Waals surface area (Å²) in [6.07, 6.45) is 0. The molecule has 0 amide bonds. The molecule has 6 N–H and O–H groups in total. The van der Waals surface area contributed by atoms with E-state index in [0.29, 0.717) is 0 Å². The minimum Gasteiger partial charge on any atom is -0.504 e. The number of benzene rings is 2. The molecule has 0 atom stereocenters. The lowest BCUT2D eigenvalue weighted by molar-refractivity contribution is 0.0697. The quantitative estimate of drug-likeness (QED) is 0.458. The number of carboxylic acid groups (broad SMARTS) is 1. The lowest BCUT2D eigenvalue weighted by atomic mass is 9.96. The van der Waals surface area contributed by atoms with E-state index in [9.17, 15) is 30.3 Å². The first-order valence-corrected chi connectivity index (χ1v) is 5.37. The fourth-order valence-corrected chi connectivity index (χ4v) is 1.80. The first-order chi connectivity index (χ1) is 9.34. The number of carbonyl (C=O) groups is 1. The summed E-state index contributed by atoms with van der Waals surface area (Å²) < 4.78 is 0. The maximum atomic E-state index is 11.1. The molecule has 0 spiro atoms. The van der Waals surface area contributed by atoms with Crippen LogP contribution in [0, 0.1) is 0 Å². The van der Waals surface area contributed by atoms with Crippen molar-refractivity contribution in [3.8, 4) is 39.9 Å². The Bertz CT molecular complexity index is 706. The van der Waals surface area contributed by atoms with Gasteiger partial charge in [-0.15, -0.1) is 0 Å². The molecule has 0 aliphatic heterocycles. The van der Waals surface area contributed by atoms with Crippen molar-refractivity contribution in [1.82, 2.24) is 0 Å². The molecule has 20 heavy (non-hydrogen) atoms. The van der Waals surface area contributed by atoms with Gasteiger partial charge in [0.05, 0.1) is 5.56 Å². The summed E-state index contributed by atoms with van der Waals surface area (Å²) in [6.45, 7) is 0. The molecule has 0 fully saturated rings. The second-order valence-electron chi connectivity index (χ2n) is 3.99. The van der Waals surface area contributed by atoms with Gasteiger partial charge in [-0.1, -0.05) is 0 Å². The summed E-state index contributed by atoms with van der Waals surface area (Å²) in [4.78, 5) is 11.1. The van der Waals surface area contributed by atoms with Crippen LogP contribution in [0.25, 0.3) is 11.1 Å². The molecular weight excluding hydrogens is 268 g/mol. The Balaban J connectivity index is 2.85. The summed E-state index contributed by atoms with van der Waals surface area (Å²) in [6, 6.07) is 4.14. The monoisotopic (exact) mass is 278 g/mol. The molecule has 2 aromatic rings. The summed E-state index contributed by atoms with van der Waals surface area (Å²) in [5.41, 5.74) is -1.00. The van der Waals surface area contributed by atoms with Crippen LogP contribution >= 0.6 is 0 Å². The van der Waals surface area contributed by atoms with Gasteiger partial charge in [-0.05, 0) is 24.3 Å². The van der Waals surface area contributed by atoms with Gasteiger partial charge in [0, 0.05) is 11.1 Å².